The lowest BCUT2D eigenvalue weighted by Crippen LogP contribution is -2.37. The molecule has 15 heteroatoms. The molecule has 0 aliphatic carbocycles. The molecule has 3 heterocycles. The van der Waals surface area contributed by atoms with E-state index >= 15 is 4.39 Å². The predicted octanol–water partition coefficient (Wildman–Crippen LogP) is 3.40. The summed E-state index contributed by atoms with van der Waals surface area (Å²) in [5, 5.41) is 13.4. The van der Waals surface area contributed by atoms with E-state index < -0.39 is 57.1 Å². The number of esters is 1. The molecular weight excluding hydrogens is 544 g/mol. The van der Waals surface area contributed by atoms with E-state index in [2.05, 4.69) is 15.1 Å². The maximum absolute atomic E-state index is 15.2. The van der Waals surface area contributed by atoms with Gasteiger partial charge in [-0.15, -0.1) is 0 Å². The normalized spacial score (nSPS) is 23.9. The molecular formula is C23H28ClFN5O7P. The second-order valence-corrected chi connectivity index (χ2v) is 10.9. The summed E-state index contributed by atoms with van der Waals surface area (Å²) in [4.78, 5) is 20.3. The maximum Gasteiger partial charge on any atom is 0.459 e. The van der Waals surface area contributed by atoms with Gasteiger partial charge >= 0.3 is 13.7 Å². The minimum atomic E-state index is -4.25. The van der Waals surface area contributed by atoms with Crippen molar-refractivity contribution in [2.75, 3.05) is 12.3 Å². The number of aromatic nitrogens is 3. The first-order valence-electron chi connectivity index (χ1n) is 11.7. The third-order valence-corrected chi connectivity index (χ3v) is 7.39. The number of aliphatic hydroxyl groups excluding tert-OH is 1. The Morgan fingerprint density at radius 2 is 2.00 bits per heavy atom. The topological polar surface area (TPSA) is 160 Å². The number of benzene rings is 1. The van der Waals surface area contributed by atoms with E-state index in [-0.39, 0.29) is 22.5 Å². The van der Waals surface area contributed by atoms with Crippen LogP contribution in [0.3, 0.4) is 0 Å². The zero-order chi connectivity index (χ0) is 27.6. The largest absolute Gasteiger partial charge is 0.462 e. The van der Waals surface area contributed by atoms with Gasteiger partial charge in [-0.2, -0.15) is 10.1 Å². The molecule has 0 bridgehead atoms. The lowest BCUT2D eigenvalue weighted by molar-refractivity contribution is -0.149. The van der Waals surface area contributed by atoms with Gasteiger partial charge in [-0.1, -0.05) is 18.2 Å². The summed E-state index contributed by atoms with van der Waals surface area (Å²) in [6.45, 7) is 4.23. The molecule has 0 spiro atoms. The number of hydrogen-bond acceptors (Lipinski definition) is 10. The van der Waals surface area contributed by atoms with Gasteiger partial charge < -0.3 is 29.4 Å². The van der Waals surface area contributed by atoms with Crippen LogP contribution >= 0.6 is 19.3 Å². The average molecular weight is 572 g/mol. The Morgan fingerprint density at radius 1 is 1.29 bits per heavy atom. The van der Waals surface area contributed by atoms with Crippen LogP contribution < -0.4 is 15.3 Å². The molecule has 12 nitrogen and oxygen atoms in total. The van der Waals surface area contributed by atoms with Crippen molar-refractivity contribution < 1.29 is 37.4 Å². The van der Waals surface area contributed by atoms with Gasteiger partial charge in [0.25, 0.3) is 0 Å². The lowest BCUT2D eigenvalue weighted by atomic mass is 10.1. The number of carbonyl (C=O) groups is 1. The summed E-state index contributed by atoms with van der Waals surface area (Å²) in [6.07, 6.45) is -5.05. The second kappa shape index (κ2) is 11.5. The van der Waals surface area contributed by atoms with Gasteiger partial charge in [-0.3, -0.25) is 9.32 Å². The summed E-state index contributed by atoms with van der Waals surface area (Å²) < 4.78 is 52.2. The Labute approximate surface area is 222 Å². The number of nitrogens with two attached hydrogens (primary N) is 1. The third-order valence-electron chi connectivity index (χ3n) is 5.58. The van der Waals surface area contributed by atoms with Crippen molar-refractivity contribution in [1.82, 2.24) is 19.6 Å². The smallest absolute Gasteiger partial charge is 0.459 e. The van der Waals surface area contributed by atoms with E-state index in [1.165, 1.54) is 17.7 Å². The summed E-state index contributed by atoms with van der Waals surface area (Å²) in [6, 6.07) is 8.61. The van der Waals surface area contributed by atoms with Gasteiger partial charge in [0.1, 0.15) is 35.5 Å². The summed E-state index contributed by atoms with van der Waals surface area (Å²) in [5.74, 6) is -0.390. The van der Waals surface area contributed by atoms with Crippen LogP contribution in [0.1, 0.15) is 27.0 Å². The monoisotopic (exact) mass is 571 g/mol. The van der Waals surface area contributed by atoms with Crippen molar-refractivity contribution in [3.8, 4) is 5.75 Å². The Bertz CT molecular complexity index is 1330. The molecule has 2 aromatic heterocycles. The second-order valence-electron chi connectivity index (χ2n) is 8.87. The zero-order valence-corrected chi connectivity index (χ0v) is 22.4. The number of nitrogens with one attached hydrogen (secondary N) is 1. The van der Waals surface area contributed by atoms with Gasteiger partial charge in [0.15, 0.2) is 12.4 Å². The molecule has 1 saturated heterocycles. The van der Waals surface area contributed by atoms with Gasteiger partial charge in [0.05, 0.1) is 18.1 Å². The Kier molecular flexibility index (Phi) is 8.55. The molecule has 1 fully saturated rings. The fourth-order valence-corrected chi connectivity index (χ4v) is 5.48. The number of ether oxygens (including phenoxy) is 2. The molecule has 206 valence electrons. The standard InChI is InChI=1S/C23H28ClFN5O7P/c1-12(2)35-22(32)13(3)29-38(33,37-14-7-5-4-6-8-14)34-11-16-18(31)17(25)21(36-16)30-10-9-15-19(26)27-23(24)28-20(15)30/h4-10,12-13,16-18,21,31H,11H2,1-3H3,(H,29,33)(H2,26,27,28)/t13-,16+,17-,18+,21+,38?/m0/s1. The minimum absolute atomic E-state index is 0.0998. The molecule has 1 aromatic carbocycles. The highest BCUT2D eigenvalue weighted by atomic mass is 35.5. The quantitative estimate of drug-likeness (QED) is 0.186. The van der Waals surface area contributed by atoms with E-state index in [0.29, 0.717) is 5.39 Å². The SMILES string of the molecule is CC(C)OC(=O)[C@H](C)NP(=O)(OC[C@H]1O[C@@H](n2ccc3c(N)nc(Cl)nc32)[C@@H](F)[C@@H]1O)Oc1ccccc1. The van der Waals surface area contributed by atoms with Crippen LogP contribution in [0.15, 0.2) is 42.6 Å². The third kappa shape index (κ3) is 6.25. The van der Waals surface area contributed by atoms with E-state index in [0.717, 1.165) is 0 Å². The highest BCUT2D eigenvalue weighted by Crippen LogP contribution is 2.46. The molecule has 4 N–H and O–H groups in total. The van der Waals surface area contributed by atoms with E-state index in [4.69, 9.17) is 35.9 Å². The molecule has 0 radical (unpaired) electrons. The number of aliphatic hydroxyl groups is 1. The first-order valence-corrected chi connectivity index (χ1v) is 13.6. The van der Waals surface area contributed by atoms with Crippen LogP contribution in [0.2, 0.25) is 5.28 Å². The van der Waals surface area contributed by atoms with E-state index in [1.54, 1.807) is 50.2 Å². The van der Waals surface area contributed by atoms with Gasteiger partial charge in [-0.05, 0) is 50.6 Å². The number of hydrogen-bond donors (Lipinski definition) is 3. The van der Waals surface area contributed by atoms with Crippen LogP contribution in [-0.4, -0.2) is 62.7 Å². The number of rotatable bonds is 10. The number of nitrogen functional groups attached to an aromatic ring is 1. The molecule has 0 amide bonds. The van der Waals surface area contributed by atoms with Crippen molar-refractivity contribution in [3.05, 3.63) is 47.9 Å². The number of halogens is 2. The van der Waals surface area contributed by atoms with Crippen LogP contribution in [0.5, 0.6) is 5.75 Å². The van der Waals surface area contributed by atoms with Crippen LogP contribution in [0.25, 0.3) is 11.0 Å². The van der Waals surface area contributed by atoms with Crippen molar-refractivity contribution in [2.45, 2.75) is 57.5 Å². The fraction of sp³-hybridized carbons (Fsp3) is 0.435. The fourth-order valence-electron chi connectivity index (χ4n) is 3.81. The molecule has 3 aromatic rings. The molecule has 6 atom stereocenters. The highest BCUT2D eigenvalue weighted by molar-refractivity contribution is 7.52. The first-order chi connectivity index (χ1) is 18.0. The first kappa shape index (κ1) is 28.2. The van der Waals surface area contributed by atoms with Crippen LogP contribution in [0, 0.1) is 0 Å². The average Bonchev–Trinajstić information content (AvgIpc) is 3.39. The summed E-state index contributed by atoms with van der Waals surface area (Å²) in [5.41, 5.74) is 6.08. The maximum atomic E-state index is 15.2. The number of anilines is 1. The summed E-state index contributed by atoms with van der Waals surface area (Å²) >= 11 is 5.91. The van der Waals surface area contributed by atoms with Gasteiger partial charge in [0.2, 0.25) is 5.28 Å². The molecule has 1 unspecified atom stereocenters. The number of para-hydroxylation sites is 1. The van der Waals surface area contributed by atoms with Gasteiger partial charge in [0, 0.05) is 6.20 Å². The molecule has 4 rings (SSSR count). The number of nitrogens with zero attached hydrogens (tertiary/aromatic N) is 3. The Morgan fingerprint density at radius 3 is 2.68 bits per heavy atom. The molecule has 0 saturated carbocycles. The van der Waals surface area contributed by atoms with Crippen molar-refractivity contribution >= 4 is 42.2 Å². The predicted molar refractivity (Wildman–Crippen MR) is 136 cm³/mol. The highest BCUT2D eigenvalue weighted by Gasteiger charge is 2.47. The Balaban J connectivity index is 1.51. The number of carbonyl (C=O) groups excluding carboxylic acids is 1. The van der Waals surface area contributed by atoms with Crippen molar-refractivity contribution in [2.24, 2.45) is 0 Å². The lowest BCUT2D eigenvalue weighted by Gasteiger charge is -2.25. The Hall–Kier alpha value is -2.80. The van der Waals surface area contributed by atoms with Crippen molar-refractivity contribution in [3.63, 3.8) is 0 Å². The number of alkyl halides is 1. The minimum Gasteiger partial charge on any atom is -0.462 e. The molecule has 1 aliphatic rings. The van der Waals surface area contributed by atoms with Crippen LogP contribution in [0.4, 0.5) is 10.2 Å². The molecule has 1 aliphatic heterocycles. The van der Waals surface area contributed by atoms with E-state index in [1.807, 2.05) is 0 Å². The van der Waals surface area contributed by atoms with Crippen LogP contribution in [-0.2, 0) is 23.4 Å². The number of fused-ring (bicyclic) bond motifs is 1. The van der Waals surface area contributed by atoms with Crippen molar-refractivity contribution in [1.29, 1.82) is 0 Å². The van der Waals surface area contributed by atoms with E-state index in [9.17, 15) is 14.5 Å². The van der Waals surface area contributed by atoms with Gasteiger partial charge in [-0.25, -0.2) is 13.9 Å². The summed E-state index contributed by atoms with van der Waals surface area (Å²) in [7, 11) is -4.25. The zero-order valence-electron chi connectivity index (χ0n) is 20.7. The molecule has 38 heavy (non-hydrogen) atoms.